The van der Waals surface area contributed by atoms with Crippen LogP contribution in [-0.2, 0) is 23.0 Å². The van der Waals surface area contributed by atoms with Gasteiger partial charge in [-0.15, -0.1) is 0 Å². The molecule has 0 bridgehead atoms. The lowest BCUT2D eigenvalue weighted by atomic mass is 10.4. The molecule has 0 aliphatic carbocycles. The van der Waals surface area contributed by atoms with Crippen LogP contribution in [0.15, 0.2) is 11.2 Å². The molecule has 13 heavy (non-hydrogen) atoms. The Kier molecular flexibility index (Phi) is 2.72. The summed E-state index contributed by atoms with van der Waals surface area (Å²) < 4.78 is 23.6. The zero-order valence-corrected chi connectivity index (χ0v) is 8.50. The highest BCUT2D eigenvalue weighted by molar-refractivity contribution is 7.89. The Morgan fingerprint density at radius 1 is 1.54 bits per heavy atom. The third-order valence-electron chi connectivity index (χ3n) is 1.79. The molecular formula is C7H13N3O2S. The molecule has 0 amide bonds. The molecule has 0 radical (unpaired) electrons. The fourth-order valence-corrected chi connectivity index (χ4v) is 1.63. The van der Waals surface area contributed by atoms with Gasteiger partial charge in [-0.05, 0) is 6.92 Å². The van der Waals surface area contributed by atoms with Crippen molar-refractivity contribution in [2.75, 3.05) is 0 Å². The van der Waals surface area contributed by atoms with E-state index in [2.05, 4.69) is 4.98 Å². The molecule has 0 saturated heterocycles. The number of hydrogen-bond acceptors (Lipinski definition) is 3. The summed E-state index contributed by atoms with van der Waals surface area (Å²) in [6, 6.07) is 0. The lowest BCUT2D eigenvalue weighted by molar-refractivity contribution is 0.594. The van der Waals surface area contributed by atoms with Crippen molar-refractivity contribution >= 4 is 10.0 Å². The Morgan fingerprint density at radius 2 is 2.15 bits per heavy atom. The number of primary sulfonamides is 1. The molecular weight excluding hydrogens is 190 g/mol. The maximum Gasteiger partial charge on any atom is 0.257 e. The molecule has 6 heteroatoms. The molecule has 1 heterocycles. The summed E-state index contributed by atoms with van der Waals surface area (Å²) >= 11 is 0. The first-order chi connectivity index (χ1) is 5.99. The predicted octanol–water partition coefficient (Wildman–Crippen LogP) is 0.113. The molecule has 2 N–H and O–H groups in total. The molecule has 0 fully saturated rings. The normalized spacial score (nSPS) is 11.9. The Labute approximate surface area is 77.6 Å². The first kappa shape index (κ1) is 10.2. The van der Waals surface area contributed by atoms with Crippen molar-refractivity contribution in [1.29, 1.82) is 0 Å². The van der Waals surface area contributed by atoms with Gasteiger partial charge in [0.15, 0.2) is 5.03 Å². The van der Waals surface area contributed by atoms with Gasteiger partial charge in [-0.1, -0.05) is 6.92 Å². The first-order valence-corrected chi connectivity index (χ1v) is 5.62. The largest absolute Gasteiger partial charge is 0.334 e. The van der Waals surface area contributed by atoms with Crippen molar-refractivity contribution in [3.8, 4) is 0 Å². The fourth-order valence-electron chi connectivity index (χ4n) is 1.12. The minimum absolute atomic E-state index is 0.0498. The van der Waals surface area contributed by atoms with Crippen molar-refractivity contribution < 1.29 is 8.42 Å². The van der Waals surface area contributed by atoms with Crippen LogP contribution < -0.4 is 5.14 Å². The number of nitrogens with zero attached hydrogens (tertiary/aromatic N) is 2. The molecule has 0 aliphatic rings. The van der Waals surface area contributed by atoms with E-state index in [1.807, 2.05) is 13.8 Å². The Hall–Kier alpha value is -0.880. The van der Waals surface area contributed by atoms with Gasteiger partial charge in [-0.3, -0.25) is 0 Å². The molecule has 1 aromatic heterocycles. The van der Waals surface area contributed by atoms with E-state index in [-0.39, 0.29) is 5.03 Å². The smallest absolute Gasteiger partial charge is 0.257 e. The minimum Gasteiger partial charge on any atom is -0.334 e. The van der Waals surface area contributed by atoms with Gasteiger partial charge in [0.2, 0.25) is 0 Å². The van der Waals surface area contributed by atoms with Gasteiger partial charge in [0, 0.05) is 19.2 Å². The van der Waals surface area contributed by atoms with E-state index in [9.17, 15) is 8.42 Å². The zero-order valence-electron chi connectivity index (χ0n) is 7.69. The molecule has 0 aliphatic heterocycles. The number of aromatic nitrogens is 2. The number of aryl methyl sites for hydroxylation is 2. The summed E-state index contributed by atoms with van der Waals surface area (Å²) in [4.78, 5) is 3.92. The highest BCUT2D eigenvalue weighted by Gasteiger charge is 2.14. The van der Waals surface area contributed by atoms with Crippen LogP contribution >= 0.6 is 0 Å². The Bertz CT molecular complexity index is 372. The third-order valence-corrected chi connectivity index (χ3v) is 2.57. The van der Waals surface area contributed by atoms with E-state index in [0.717, 1.165) is 5.82 Å². The first-order valence-electron chi connectivity index (χ1n) is 4.07. The number of rotatable bonds is 3. The van der Waals surface area contributed by atoms with E-state index in [1.165, 1.54) is 6.20 Å². The molecule has 1 aromatic rings. The zero-order chi connectivity index (χ0) is 10.1. The number of nitrogens with two attached hydrogens (primary N) is 1. The number of sulfonamides is 1. The van der Waals surface area contributed by atoms with Gasteiger partial charge in [-0.2, -0.15) is 0 Å². The molecule has 5 nitrogen and oxygen atoms in total. The highest BCUT2D eigenvalue weighted by atomic mass is 32.2. The number of imidazole rings is 1. The maximum absolute atomic E-state index is 10.9. The van der Waals surface area contributed by atoms with E-state index in [4.69, 9.17) is 5.14 Å². The third kappa shape index (κ3) is 2.07. The van der Waals surface area contributed by atoms with Gasteiger partial charge in [0.25, 0.3) is 10.0 Å². The average Bonchev–Trinajstić information content (AvgIpc) is 2.45. The second-order valence-corrected chi connectivity index (χ2v) is 4.19. The maximum atomic E-state index is 10.9. The Morgan fingerprint density at radius 3 is 2.46 bits per heavy atom. The lowest BCUT2D eigenvalue weighted by Crippen LogP contribution is -2.12. The van der Waals surface area contributed by atoms with E-state index in [1.54, 1.807) is 4.57 Å². The van der Waals surface area contributed by atoms with E-state index in [0.29, 0.717) is 13.0 Å². The summed E-state index contributed by atoms with van der Waals surface area (Å²) in [7, 11) is -3.66. The molecule has 0 unspecified atom stereocenters. The fraction of sp³-hybridized carbons (Fsp3) is 0.571. The number of hydrogen-bond donors (Lipinski definition) is 1. The molecule has 0 aromatic carbocycles. The van der Waals surface area contributed by atoms with Crippen molar-refractivity contribution in [2.24, 2.45) is 5.14 Å². The highest BCUT2D eigenvalue weighted by Crippen LogP contribution is 2.07. The monoisotopic (exact) mass is 203 g/mol. The average molecular weight is 203 g/mol. The van der Waals surface area contributed by atoms with Gasteiger partial charge in [-0.25, -0.2) is 18.5 Å². The summed E-state index contributed by atoms with van der Waals surface area (Å²) in [6.07, 6.45) is 2.16. The summed E-state index contributed by atoms with van der Waals surface area (Å²) in [6.45, 7) is 4.54. The van der Waals surface area contributed by atoms with Crippen LogP contribution in [0.5, 0.6) is 0 Å². The second-order valence-electron chi connectivity index (χ2n) is 2.68. The van der Waals surface area contributed by atoms with Gasteiger partial charge < -0.3 is 4.57 Å². The summed E-state index contributed by atoms with van der Waals surface area (Å²) in [5.74, 6) is 0.742. The van der Waals surface area contributed by atoms with E-state index >= 15 is 0 Å². The SMILES string of the molecule is CCc1nc(S(N)(=O)=O)cn1CC. The van der Waals surface area contributed by atoms with Crippen LogP contribution in [0.4, 0.5) is 0 Å². The van der Waals surface area contributed by atoms with Crippen molar-refractivity contribution in [3.63, 3.8) is 0 Å². The predicted molar refractivity (Wildman–Crippen MR) is 48.7 cm³/mol. The molecule has 0 saturated carbocycles. The molecule has 0 atom stereocenters. The van der Waals surface area contributed by atoms with Gasteiger partial charge in [0.05, 0.1) is 0 Å². The minimum atomic E-state index is -3.66. The Balaban J connectivity index is 3.22. The van der Waals surface area contributed by atoms with E-state index < -0.39 is 10.0 Å². The standard InChI is InChI=1S/C7H13N3O2S/c1-3-6-9-7(13(8,11)12)5-10(6)4-2/h5H,3-4H2,1-2H3,(H2,8,11,12). The molecule has 0 spiro atoms. The molecule has 1 rings (SSSR count). The van der Waals surface area contributed by atoms with Crippen molar-refractivity contribution in [3.05, 3.63) is 12.0 Å². The molecule has 74 valence electrons. The van der Waals surface area contributed by atoms with Crippen molar-refractivity contribution in [1.82, 2.24) is 9.55 Å². The van der Waals surface area contributed by atoms with Crippen LogP contribution in [0.25, 0.3) is 0 Å². The van der Waals surface area contributed by atoms with Gasteiger partial charge >= 0.3 is 0 Å². The quantitative estimate of drug-likeness (QED) is 0.757. The van der Waals surface area contributed by atoms with Gasteiger partial charge in [0.1, 0.15) is 5.82 Å². The summed E-state index contributed by atoms with van der Waals surface area (Å²) in [5.41, 5.74) is 0. The van der Waals surface area contributed by atoms with Crippen LogP contribution in [-0.4, -0.2) is 18.0 Å². The van der Waals surface area contributed by atoms with Crippen LogP contribution in [0.1, 0.15) is 19.7 Å². The van der Waals surface area contributed by atoms with Crippen LogP contribution in [0, 0.1) is 0 Å². The van der Waals surface area contributed by atoms with Crippen molar-refractivity contribution in [2.45, 2.75) is 31.8 Å². The second kappa shape index (κ2) is 3.47. The van der Waals surface area contributed by atoms with Crippen LogP contribution in [0.3, 0.4) is 0 Å². The topological polar surface area (TPSA) is 78.0 Å². The van der Waals surface area contributed by atoms with Crippen LogP contribution in [0.2, 0.25) is 0 Å². The summed E-state index contributed by atoms with van der Waals surface area (Å²) in [5, 5.41) is 4.89. The lowest BCUT2D eigenvalue weighted by Gasteiger charge is -1.98.